The second kappa shape index (κ2) is 49.2. The molecule has 0 saturated heterocycles. The van der Waals surface area contributed by atoms with Crippen molar-refractivity contribution in [3.05, 3.63) is 85.1 Å². The summed E-state index contributed by atoms with van der Waals surface area (Å²) in [7, 11) is 0. The Bertz CT molecular complexity index is 1200. The van der Waals surface area contributed by atoms with Crippen LogP contribution in [0.2, 0.25) is 0 Å². The molecule has 348 valence electrons. The summed E-state index contributed by atoms with van der Waals surface area (Å²) in [6, 6.07) is 0. The van der Waals surface area contributed by atoms with Crippen molar-refractivity contribution in [2.75, 3.05) is 13.2 Å². The van der Waals surface area contributed by atoms with E-state index in [1.165, 1.54) is 77.0 Å². The lowest BCUT2D eigenvalue weighted by molar-refractivity contribution is -0.167. The molecule has 0 spiro atoms. The van der Waals surface area contributed by atoms with E-state index in [0.717, 1.165) is 103 Å². The van der Waals surface area contributed by atoms with E-state index >= 15 is 0 Å². The van der Waals surface area contributed by atoms with Crippen molar-refractivity contribution >= 4 is 17.9 Å². The summed E-state index contributed by atoms with van der Waals surface area (Å²) in [5, 5.41) is 0. The van der Waals surface area contributed by atoms with Gasteiger partial charge in [0.05, 0.1) is 0 Å². The Hall–Kier alpha value is -3.41. The third kappa shape index (κ3) is 47.5. The minimum absolute atomic E-state index is 0.0991. The van der Waals surface area contributed by atoms with Gasteiger partial charge in [-0.25, -0.2) is 0 Å². The van der Waals surface area contributed by atoms with Gasteiger partial charge in [-0.15, -0.1) is 0 Å². The summed E-state index contributed by atoms with van der Waals surface area (Å²) in [5.41, 5.74) is 0. The second-order valence-corrected chi connectivity index (χ2v) is 16.3. The molecule has 0 heterocycles. The SMILES string of the molecule is CC/C=C\C/C=C\C/C=C\C/C=C\C/C=C\CCCC(=O)OCC(COC(=O)CCCCCCCCCCCCC)OC(=O)CCCCCCC/C=C\C/C=C\CCCCC. The Morgan fingerprint density at radius 1 is 0.344 bits per heavy atom. The van der Waals surface area contributed by atoms with Gasteiger partial charge in [0.1, 0.15) is 13.2 Å². The van der Waals surface area contributed by atoms with Crippen LogP contribution < -0.4 is 0 Å². The van der Waals surface area contributed by atoms with Crippen LogP contribution >= 0.6 is 0 Å². The largest absolute Gasteiger partial charge is 0.462 e. The first-order valence-corrected chi connectivity index (χ1v) is 25.1. The van der Waals surface area contributed by atoms with E-state index in [4.69, 9.17) is 14.2 Å². The van der Waals surface area contributed by atoms with Crippen molar-refractivity contribution < 1.29 is 28.6 Å². The Morgan fingerprint density at radius 3 is 1.10 bits per heavy atom. The van der Waals surface area contributed by atoms with E-state index in [9.17, 15) is 14.4 Å². The monoisotopic (exact) mass is 849 g/mol. The molecule has 0 aromatic carbocycles. The highest BCUT2D eigenvalue weighted by Gasteiger charge is 2.19. The first kappa shape index (κ1) is 57.6. The van der Waals surface area contributed by atoms with Crippen LogP contribution in [0.3, 0.4) is 0 Å². The molecule has 0 aromatic heterocycles. The van der Waals surface area contributed by atoms with Gasteiger partial charge in [0.15, 0.2) is 6.10 Å². The molecule has 1 atom stereocenters. The number of hydrogen-bond acceptors (Lipinski definition) is 6. The zero-order valence-electron chi connectivity index (χ0n) is 39.7. The maximum atomic E-state index is 12.8. The molecule has 0 aliphatic carbocycles. The molecule has 6 nitrogen and oxygen atoms in total. The van der Waals surface area contributed by atoms with Crippen LogP contribution in [-0.4, -0.2) is 37.2 Å². The average molecular weight is 849 g/mol. The summed E-state index contributed by atoms with van der Waals surface area (Å²) >= 11 is 0. The fourth-order valence-corrected chi connectivity index (χ4v) is 6.62. The highest BCUT2D eigenvalue weighted by Crippen LogP contribution is 2.14. The molecule has 0 saturated carbocycles. The minimum atomic E-state index is -0.804. The van der Waals surface area contributed by atoms with Crippen LogP contribution in [0.5, 0.6) is 0 Å². The van der Waals surface area contributed by atoms with Crippen LogP contribution in [0.4, 0.5) is 0 Å². The first-order valence-electron chi connectivity index (χ1n) is 25.1. The van der Waals surface area contributed by atoms with Gasteiger partial charge in [-0.3, -0.25) is 14.4 Å². The van der Waals surface area contributed by atoms with E-state index < -0.39 is 6.10 Å². The Morgan fingerprint density at radius 2 is 0.656 bits per heavy atom. The first-order chi connectivity index (χ1) is 30.0. The third-order valence-electron chi connectivity index (χ3n) is 10.4. The molecule has 1 unspecified atom stereocenters. The molecule has 0 aromatic rings. The van der Waals surface area contributed by atoms with Gasteiger partial charge < -0.3 is 14.2 Å². The van der Waals surface area contributed by atoms with Crippen molar-refractivity contribution in [2.45, 2.75) is 232 Å². The van der Waals surface area contributed by atoms with Crippen LogP contribution in [0.1, 0.15) is 226 Å². The minimum Gasteiger partial charge on any atom is -0.462 e. The number of hydrogen-bond donors (Lipinski definition) is 0. The van der Waals surface area contributed by atoms with Crippen molar-refractivity contribution in [3.63, 3.8) is 0 Å². The van der Waals surface area contributed by atoms with Gasteiger partial charge in [-0.1, -0.05) is 202 Å². The van der Waals surface area contributed by atoms with E-state index in [0.29, 0.717) is 19.3 Å². The number of rotatable bonds is 44. The lowest BCUT2D eigenvalue weighted by atomic mass is 10.1. The highest BCUT2D eigenvalue weighted by molar-refractivity contribution is 5.71. The topological polar surface area (TPSA) is 78.9 Å². The maximum Gasteiger partial charge on any atom is 0.306 e. The molecular formula is C55H92O6. The Labute approximate surface area is 375 Å². The zero-order chi connectivity index (χ0) is 44.4. The molecule has 0 fully saturated rings. The van der Waals surface area contributed by atoms with E-state index in [2.05, 4.69) is 106 Å². The predicted molar refractivity (Wildman–Crippen MR) is 261 cm³/mol. The van der Waals surface area contributed by atoms with E-state index in [-0.39, 0.29) is 37.5 Å². The van der Waals surface area contributed by atoms with Gasteiger partial charge in [-0.05, 0) is 89.9 Å². The quantitative estimate of drug-likeness (QED) is 0.0263. The molecule has 0 bridgehead atoms. The molecule has 6 heteroatoms. The van der Waals surface area contributed by atoms with Crippen molar-refractivity contribution in [3.8, 4) is 0 Å². The number of carbonyl (C=O) groups is 3. The van der Waals surface area contributed by atoms with Gasteiger partial charge in [-0.2, -0.15) is 0 Å². The molecule has 0 aliphatic heterocycles. The average Bonchev–Trinajstić information content (AvgIpc) is 3.26. The fraction of sp³-hybridized carbons (Fsp3) is 0.691. The summed E-state index contributed by atoms with van der Waals surface area (Å²) < 4.78 is 16.7. The molecule has 0 radical (unpaired) electrons. The molecule has 0 aliphatic rings. The Balaban J connectivity index is 4.49. The normalized spacial score (nSPS) is 12.8. The predicted octanol–water partition coefficient (Wildman–Crippen LogP) is 16.4. The summed E-state index contributed by atoms with van der Waals surface area (Å²) in [4.78, 5) is 37.9. The van der Waals surface area contributed by atoms with Gasteiger partial charge >= 0.3 is 17.9 Å². The Kier molecular flexibility index (Phi) is 46.5. The van der Waals surface area contributed by atoms with Crippen LogP contribution in [-0.2, 0) is 28.6 Å². The van der Waals surface area contributed by atoms with Gasteiger partial charge in [0.25, 0.3) is 0 Å². The smallest absolute Gasteiger partial charge is 0.306 e. The number of allylic oxidation sites excluding steroid dienone is 14. The number of esters is 3. The van der Waals surface area contributed by atoms with Crippen molar-refractivity contribution in [1.82, 2.24) is 0 Å². The third-order valence-corrected chi connectivity index (χ3v) is 10.4. The molecule has 0 N–H and O–H groups in total. The summed E-state index contributed by atoms with van der Waals surface area (Å²) in [5.74, 6) is -0.977. The number of unbranched alkanes of at least 4 members (excludes halogenated alkanes) is 19. The summed E-state index contributed by atoms with van der Waals surface area (Å²) in [6.07, 6.45) is 62.8. The lowest BCUT2D eigenvalue weighted by Gasteiger charge is -2.18. The lowest BCUT2D eigenvalue weighted by Crippen LogP contribution is -2.30. The molecular weight excluding hydrogens is 757 g/mol. The van der Waals surface area contributed by atoms with Crippen molar-refractivity contribution in [1.29, 1.82) is 0 Å². The molecule has 0 amide bonds. The number of ether oxygens (including phenoxy) is 3. The van der Waals surface area contributed by atoms with Crippen molar-refractivity contribution in [2.24, 2.45) is 0 Å². The maximum absolute atomic E-state index is 12.8. The van der Waals surface area contributed by atoms with E-state index in [1.54, 1.807) is 0 Å². The molecule has 0 rings (SSSR count). The number of carbonyl (C=O) groups excluding carboxylic acids is 3. The van der Waals surface area contributed by atoms with Crippen LogP contribution in [0.25, 0.3) is 0 Å². The highest BCUT2D eigenvalue weighted by atomic mass is 16.6. The second-order valence-electron chi connectivity index (χ2n) is 16.3. The summed E-state index contributed by atoms with van der Waals surface area (Å²) in [6.45, 7) is 6.42. The standard InChI is InChI=1S/C55H92O6/c1-4-7-10-13-16-19-22-24-26-27-29-30-33-36-39-42-45-48-54(57)60-51-52(50-59-53(56)47-44-41-38-35-32-21-18-15-12-9-6-3)61-55(58)49-46-43-40-37-34-31-28-25-23-20-17-14-11-8-5-2/h7,10,16-17,19-20,24-26,28-30,36,39,52H,4-6,8-9,11-15,18,21-23,27,31-35,37-38,40-51H2,1-3H3/b10-7-,19-16-,20-17-,26-24-,28-25-,30-29-,39-36-. The van der Waals surface area contributed by atoms with Gasteiger partial charge in [0, 0.05) is 19.3 Å². The molecule has 61 heavy (non-hydrogen) atoms. The van der Waals surface area contributed by atoms with Crippen LogP contribution in [0.15, 0.2) is 85.1 Å². The van der Waals surface area contributed by atoms with E-state index in [1.807, 2.05) is 0 Å². The zero-order valence-corrected chi connectivity index (χ0v) is 39.7. The van der Waals surface area contributed by atoms with Gasteiger partial charge in [0.2, 0.25) is 0 Å². The van der Waals surface area contributed by atoms with Crippen LogP contribution in [0, 0.1) is 0 Å². The fourth-order valence-electron chi connectivity index (χ4n) is 6.62.